The molecule has 0 aliphatic carbocycles. The molecule has 32 heavy (non-hydrogen) atoms. The Bertz CT molecular complexity index is 964. The molecule has 2 amide bonds. The summed E-state index contributed by atoms with van der Waals surface area (Å²) in [5.74, 6) is -1.69. The van der Waals surface area contributed by atoms with E-state index in [1.807, 2.05) is 20.8 Å². The monoisotopic (exact) mass is 444 g/mol. The molecule has 3 rings (SSSR count). The quantitative estimate of drug-likeness (QED) is 0.686. The summed E-state index contributed by atoms with van der Waals surface area (Å²) in [6.07, 6.45) is 1.34. The van der Waals surface area contributed by atoms with E-state index in [-0.39, 0.29) is 30.0 Å². The smallest absolute Gasteiger partial charge is 0.257 e. The number of benzene rings is 2. The number of para-hydroxylation sites is 1. The van der Waals surface area contributed by atoms with E-state index in [1.165, 1.54) is 6.07 Å². The number of fused-ring (bicyclic) bond motifs is 1. The number of amides is 2. The molecule has 5 nitrogen and oxygen atoms in total. The van der Waals surface area contributed by atoms with Gasteiger partial charge in [-0.05, 0) is 49.9 Å². The standard InChI is InChI=1S/C25H30F2N2O3/c1-4-28-13-7-8-14-29(25(31)19-12-11-18(26)15-21(19)27)22(17(2)3)16-32-23-10-6-5-9-20(23)24(28)30/h5-6,9-12,15,17,22H,4,7-8,13-14,16H2,1-3H3/t22-/m1/s1. The van der Waals surface area contributed by atoms with Crippen molar-refractivity contribution < 1.29 is 23.1 Å². The van der Waals surface area contributed by atoms with Crippen molar-refractivity contribution in [1.82, 2.24) is 9.80 Å². The maximum Gasteiger partial charge on any atom is 0.257 e. The number of carbonyl (C=O) groups excluding carboxylic acids is 2. The predicted molar refractivity (Wildman–Crippen MR) is 119 cm³/mol. The minimum atomic E-state index is -0.877. The summed E-state index contributed by atoms with van der Waals surface area (Å²) >= 11 is 0. The second-order valence-electron chi connectivity index (χ2n) is 8.33. The summed E-state index contributed by atoms with van der Waals surface area (Å²) in [6.45, 7) is 7.51. The van der Waals surface area contributed by atoms with Crippen LogP contribution in [0.2, 0.25) is 0 Å². The van der Waals surface area contributed by atoms with Crippen molar-refractivity contribution in [3.05, 3.63) is 65.2 Å². The minimum absolute atomic E-state index is 0.0143. The zero-order chi connectivity index (χ0) is 23.3. The summed E-state index contributed by atoms with van der Waals surface area (Å²) < 4.78 is 33.9. The average molecular weight is 445 g/mol. The molecule has 2 aromatic rings. The number of hydrogen-bond acceptors (Lipinski definition) is 3. The molecule has 0 saturated heterocycles. The van der Waals surface area contributed by atoms with Gasteiger partial charge in [-0.15, -0.1) is 0 Å². The number of hydrogen-bond donors (Lipinski definition) is 0. The van der Waals surface area contributed by atoms with Crippen molar-refractivity contribution in [3.63, 3.8) is 0 Å². The van der Waals surface area contributed by atoms with Gasteiger partial charge in [0.1, 0.15) is 24.0 Å². The topological polar surface area (TPSA) is 49.9 Å². The molecular weight excluding hydrogens is 414 g/mol. The number of halogens is 2. The van der Waals surface area contributed by atoms with Crippen LogP contribution in [-0.2, 0) is 0 Å². The Morgan fingerprint density at radius 1 is 1.12 bits per heavy atom. The lowest BCUT2D eigenvalue weighted by atomic mass is 10.0. The number of nitrogens with zero attached hydrogens (tertiary/aromatic N) is 2. The fraction of sp³-hybridized carbons (Fsp3) is 0.440. The van der Waals surface area contributed by atoms with Crippen LogP contribution in [0.1, 0.15) is 54.3 Å². The highest BCUT2D eigenvalue weighted by Crippen LogP contribution is 2.24. The van der Waals surface area contributed by atoms with Crippen molar-refractivity contribution >= 4 is 11.8 Å². The van der Waals surface area contributed by atoms with E-state index in [9.17, 15) is 18.4 Å². The number of carbonyl (C=O) groups is 2. The van der Waals surface area contributed by atoms with Crippen LogP contribution < -0.4 is 4.74 Å². The van der Waals surface area contributed by atoms with E-state index in [0.717, 1.165) is 12.1 Å². The average Bonchev–Trinajstić information content (AvgIpc) is 2.76. The van der Waals surface area contributed by atoms with Gasteiger partial charge in [-0.1, -0.05) is 26.0 Å². The van der Waals surface area contributed by atoms with Gasteiger partial charge in [0, 0.05) is 25.7 Å². The zero-order valence-corrected chi connectivity index (χ0v) is 18.8. The molecule has 0 saturated carbocycles. The van der Waals surface area contributed by atoms with Crippen LogP contribution >= 0.6 is 0 Å². The molecule has 1 heterocycles. The predicted octanol–water partition coefficient (Wildman–Crippen LogP) is 4.77. The molecule has 0 radical (unpaired) electrons. The fourth-order valence-electron chi connectivity index (χ4n) is 3.98. The summed E-state index contributed by atoms with van der Waals surface area (Å²) in [5, 5.41) is 0. The largest absolute Gasteiger partial charge is 0.491 e. The number of ether oxygens (including phenoxy) is 1. The Hall–Kier alpha value is -2.96. The van der Waals surface area contributed by atoms with Gasteiger partial charge in [-0.25, -0.2) is 8.78 Å². The Labute approximate surface area is 188 Å². The van der Waals surface area contributed by atoms with Crippen LogP contribution in [0, 0.1) is 17.6 Å². The SMILES string of the molecule is CCN1CCCCN(C(=O)c2ccc(F)cc2F)[C@@H](C(C)C)COc2ccccc2C1=O. The van der Waals surface area contributed by atoms with Crippen LogP contribution in [0.25, 0.3) is 0 Å². The highest BCUT2D eigenvalue weighted by Gasteiger charge is 2.30. The van der Waals surface area contributed by atoms with Crippen LogP contribution in [0.4, 0.5) is 8.78 Å². The van der Waals surface area contributed by atoms with Crippen molar-refractivity contribution in [2.75, 3.05) is 26.2 Å². The van der Waals surface area contributed by atoms with Crippen molar-refractivity contribution in [2.45, 2.75) is 39.7 Å². The normalized spacial score (nSPS) is 17.9. The lowest BCUT2D eigenvalue weighted by Crippen LogP contribution is -2.48. The molecule has 172 valence electrons. The molecule has 1 aliphatic heterocycles. The minimum Gasteiger partial charge on any atom is -0.491 e. The molecular formula is C25H30F2N2O3. The van der Waals surface area contributed by atoms with Crippen LogP contribution in [0.15, 0.2) is 42.5 Å². The third kappa shape index (κ3) is 5.26. The summed E-state index contributed by atoms with van der Waals surface area (Å²) in [7, 11) is 0. The van der Waals surface area contributed by atoms with E-state index in [1.54, 1.807) is 34.1 Å². The second kappa shape index (κ2) is 10.6. The second-order valence-corrected chi connectivity index (χ2v) is 8.33. The van der Waals surface area contributed by atoms with Gasteiger partial charge < -0.3 is 14.5 Å². The van der Waals surface area contributed by atoms with Gasteiger partial charge in [-0.2, -0.15) is 0 Å². The van der Waals surface area contributed by atoms with Crippen LogP contribution in [-0.4, -0.2) is 53.9 Å². The van der Waals surface area contributed by atoms with Crippen LogP contribution in [0.5, 0.6) is 5.75 Å². The molecule has 2 aromatic carbocycles. The van der Waals surface area contributed by atoms with Crippen LogP contribution in [0.3, 0.4) is 0 Å². The third-order valence-corrected chi connectivity index (χ3v) is 5.87. The first-order valence-electron chi connectivity index (χ1n) is 11.1. The molecule has 1 aliphatic rings. The molecule has 1 atom stereocenters. The first kappa shape index (κ1) is 23.7. The Balaban J connectivity index is 1.96. The summed E-state index contributed by atoms with van der Waals surface area (Å²) in [5.41, 5.74) is 0.329. The van der Waals surface area contributed by atoms with Crippen molar-refractivity contribution in [1.29, 1.82) is 0 Å². The summed E-state index contributed by atoms with van der Waals surface area (Å²) in [4.78, 5) is 29.7. The Morgan fingerprint density at radius 2 is 1.84 bits per heavy atom. The fourth-order valence-corrected chi connectivity index (χ4v) is 3.98. The van der Waals surface area contributed by atoms with E-state index in [4.69, 9.17) is 4.74 Å². The Kier molecular flexibility index (Phi) is 7.83. The van der Waals surface area contributed by atoms with Gasteiger partial charge in [-0.3, -0.25) is 9.59 Å². The molecule has 0 aromatic heterocycles. The molecule has 0 spiro atoms. The van der Waals surface area contributed by atoms with E-state index < -0.39 is 17.5 Å². The zero-order valence-electron chi connectivity index (χ0n) is 18.8. The first-order chi connectivity index (χ1) is 15.3. The lowest BCUT2D eigenvalue weighted by molar-refractivity contribution is 0.0507. The van der Waals surface area contributed by atoms with E-state index in [2.05, 4.69) is 0 Å². The van der Waals surface area contributed by atoms with Gasteiger partial charge in [0.25, 0.3) is 11.8 Å². The van der Waals surface area contributed by atoms with E-state index in [0.29, 0.717) is 43.8 Å². The van der Waals surface area contributed by atoms with E-state index >= 15 is 0 Å². The van der Waals surface area contributed by atoms with Gasteiger partial charge in [0.2, 0.25) is 0 Å². The molecule has 0 unspecified atom stereocenters. The third-order valence-electron chi connectivity index (χ3n) is 5.87. The van der Waals surface area contributed by atoms with Gasteiger partial charge in [0.15, 0.2) is 0 Å². The maximum atomic E-state index is 14.4. The summed E-state index contributed by atoms with van der Waals surface area (Å²) in [6, 6.07) is 9.75. The van der Waals surface area contributed by atoms with Crippen molar-refractivity contribution in [2.24, 2.45) is 5.92 Å². The Morgan fingerprint density at radius 3 is 2.53 bits per heavy atom. The lowest BCUT2D eigenvalue weighted by Gasteiger charge is -2.35. The first-order valence-corrected chi connectivity index (χ1v) is 11.1. The van der Waals surface area contributed by atoms with Gasteiger partial charge >= 0.3 is 0 Å². The molecule has 0 bridgehead atoms. The van der Waals surface area contributed by atoms with Gasteiger partial charge in [0.05, 0.1) is 17.2 Å². The highest BCUT2D eigenvalue weighted by molar-refractivity contribution is 5.97. The highest BCUT2D eigenvalue weighted by atomic mass is 19.1. The molecule has 7 heteroatoms. The van der Waals surface area contributed by atoms with Crippen molar-refractivity contribution in [3.8, 4) is 5.75 Å². The number of rotatable bonds is 3. The maximum absolute atomic E-state index is 14.4. The molecule has 0 N–H and O–H groups in total. The molecule has 0 fully saturated rings.